The van der Waals surface area contributed by atoms with Gasteiger partial charge in [-0.25, -0.2) is 0 Å². The van der Waals surface area contributed by atoms with Gasteiger partial charge in [-0.3, -0.25) is 0 Å². The maximum absolute atomic E-state index is 2.43. The molecular weight excluding hydrogens is 259 g/mol. The molecule has 0 radical (unpaired) electrons. The van der Waals surface area contributed by atoms with Gasteiger partial charge in [-0.2, -0.15) is 0 Å². The molecule has 0 N–H and O–H groups in total. The number of rotatable bonds is 2. The third-order valence-corrected chi connectivity index (χ3v) is 6.50. The van der Waals surface area contributed by atoms with E-state index in [0.717, 1.165) is 0 Å². The van der Waals surface area contributed by atoms with Crippen molar-refractivity contribution in [2.75, 3.05) is 17.9 Å². The van der Waals surface area contributed by atoms with Crippen molar-refractivity contribution in [3.63, 3.8) is 0 Å². The van der Waals surface area contributed by atoms with Gasteiger partial charge >= 0.3 is 0 Å². The molecule has 0 aromatic carbocycles. The van der Waals surface area contributed by atoms with E-state index in [-0.39, 0.29) is 24.0 Å². The minimum absolute atomic E-state index is 0. The van der Waals surface area contributed by atoms with E-state index in [0.29, 0.717) is 10.9 Å². The summed E-state index contributed by atoms with van der Waals surface area (Å²) in [5.74, 6) is 0. The van der Waals surface area contributed by atoms with Crippen LogP contribution >= 0.6 is 0 Å². The molecule has 0 fully saturated rings. The van der Waals surface area contributed by atoms with Crippen LogP contribution in [0, 0.1) is 0 Å². The summed E-state index contributed by atoms with van der Waals surface area (Å²) in [6.07, 6.45) is 4.66. The van der Waals surface area contributed by atoms with Gasteiger partial charge < -0.3 is 24.0 Å². The fraction of sp³-hybridized carbons (Fsp3) is 1.00. The fourth-order valence-corrected chi connectivity index (χ4v) is 7.79. The first-order valence-electron chi connectivity index (χ1n) is 2.96. The Morgan fingerprint density at radius 2 is 1.44 bits per heavy atom. The first-order chi connectivity index (χ1) is 3.42. The van der Waals surface area contributed by atoms with Crippen molar-refractivity contribution in [2.24, 2.45) is 0 Å². The molecule has 0 aliphatic heterocycles. The van der Waals surface area contributed by atoms with E-state index < -0.39 is 8.07 Å². The summed E-state index contributed by atoms with van der Waals surface area (Å²) in [6.45, 7) is 7.29. The Morgan fingerprint density at radius 1 is 1.11 bits per heavy atom. The highest BCUT2D eigenvalue weighted by Crippen LogP contribution is 2.03. The second kappa shape index (κ2) is 5.01. The number of hydrogen-bond acceptors (Lipinski definition) is 0. The standard InChI is InChI=1S/C6H17SSi.HI/c1-7(2)6-8(3,4)5;/h6H2,1-5H3;1H/q+1;/p-1. The fourth-order valence-electron chi connectivity index (χ4n) is 0.866. The van der Waals surface area contributed by atoms with Crippen LogP contribution in [0.1, 0.15) is 0 Å². The van der Waals surface area contributed by atoms with Gasteiger partial charge in [0.1, 0.15) is 8.07 Å². The van der Waals surface area contributed by atoms with Crippen molar-refractivity contribution < 1.29 is 24.0 Å². The maximum Gasteiger partial charge on any atom is 0.104 e. The molecule has 0 heterocycles. The Labute approximate surface area is 80.2 Å². The average molecular weight is 276 g/mol. The van der Waals surface area contributed by atoms with Gasteiger partial charge in [-0.1, -0.05) is 19.6 Å². The Morgan fingerprint density at radius 3 is 1.44 bits per heavy atom. The molecule has 0 aliphatic carbocycles. The van der Waals surface area contributed by atoms with Gasteiger partial charge in [0.25, 0.3) is 0 Å². The lowest BCUT2D eigenvalue weighted by Crippen LogP contribution is -3.00. The molecule has 0 atom stereocenters. The highest BCUT2D eigenvalue weighted by molar-refractivity contribution is 7.97. The van der Waals surface area contributed by atoms with Crippen molar-refractivity contribution in [2.45, 2.75) is 19.6 Å². The van der Waals surface area contributed by atoms with Crippen LogP contribution in [-0.2, 0) is 10.9 Å². The molecule has 3 heteroatoms. The molecule has 0 rings (SSSR count). The van der Waals surface area contributed by atoms with Crippen LogP contribution in [0.3, 0.4) is 0 Å². The smallest absolute Gasteiger partial charge is 0.104 e. The molecule has 0 spiro atoms. The summed E-state index contributed by atoms with van der Waals surface area (Å²) in [7, 11) is -0.0313. The Bertz CT molecular complexity index is 67.9. The van der Waals surface area contributed by atoms with Gasteiger partial charge in [0.15, 0.2) is 0 Å². The SMILES string of the molecule is C[S+](C)C[Si](C)(C)C.[I-]. The molecule has 0 aliphatic rings. The van der Waals surface area contributed by atoms with Crippen molar-refractivity contribution in [1.82, 2.24) is 0 Å². The lowest BCUT2D eigenvalue weighted by atomic mass is 11.7. The highest BCUT2D eigenvalue weighted by atomic mass is 127. The molecule has 9 heavy (non-hydrogen) atoms. The van der Waals surface area contributed by atoms with E-state index in [1.165, 1.54) is 5.38 Å². The topological polar surface area (TPSA) is 0 Å². The lowest BCUT2D eigenvalue weighted by Gasteiger charge is -2.10. The molecule has 0 amide bonds. The van der Waals surface area contributed by atoms with E-state index in [2.05, 4.69) is 32.2 Å². The van der Waals surface area contributed by atoms with Crippen LogP contribution in [0.5, 0.6) is 0 Å². The molecule has 0 unspecified atom stereocenters. The zero-order chi connectivity index (χ0) is 6.78. The Balaban J connectivity index is 0. The number of hydrogen-bond donors (Lipinski definition) is 0. The van der Waals surface area contributed by atoms with Gasteiger partial charge in [-0.05, 0) is 10.9 Å². The van der Waals surface area contributed by atoms with E-state index >= 15 is 0 Å². The molecule has 0 saturated heterocycles. The summed E-state index contributed by atoms with van der Waals surface area (Å²) in [6, 6.07) is 0. The van der Waals surface area contributed by atoms with Crippen LogP contribution in [-0.4, -0.2) is 26.0 Å². The first kappa shape index (κ1) is 12.9. The molecule has 0 aromatic heterocycles. The molecule has 0 aromatic rings. The molecule has 0 saturated carbocycles. The van der Waals surface area contributed by atoms with Crippen LogP contribution in [0.25, 0.3) is 0 Å². The predicted molar refractivity (Wildman–Crippen MR) is 47.4 cm³/mol. The Kier molecular flexibility index (Phi) is 7.20. The third-order valence-electron chi connectivity index (χ3n) is 0.722. The van der Waals surface area contributed by atoms with Gasteiger partial charge in [-0.15, -0.1) is 0 Å². The summed E-state index contributed by atoms with van der Waals surface area (Å²) >= 11 is 0. The molecular formula is C6H17ISSi. The van der Waals surface area contributed by atoms with Gasteiger partial charge in [0.2, 0.25) is 0 Å². The summed E-state index contributed by atoms with van der Waals surface area (Å²) in [5.41, 5.74) is 0. The predicted octanol–water partition coefficient (Wildman–Crippen LogP) is -1.25. The van der Waals surface area contributed by atoms with Crippen molar-refractivity contribution >= 4 is 19.0 Å². The molecule has 0 nitrogen and oxygen atoms in total. The second-order valence-corrected chi connectivity index (χ2v) is 11.9. The minimum atomic E-state index is -0.708. The molecule has 0 bridgehead atoms. The van der Waals surface area contributed by atoms with E-state index in [9.17, 15) is 0 Å². The Hall–Kier alpha value is 1.30. The highest BCUT2D eigenvalue weighted by Gasteiger charge is 2.20. The quantitative estimate of drug-likeness (QED) is 0.336. The lowest BCUT2D eigenvalue weighted by molar-refractivity contribution is -0.00000226. The van der Waals surface area contributed by atoms with Crippen molar-refractivity contribution in [1.29, 1.82) is 0 Å². The van der Waals surface area contributed by atoms with E-state index in [4.69, 9.17) is 0 Å². The van der Waals surface area contributed by atoms with Crippen LogP contribution in [0.15, 0.2) is 0 Å². The molecule has 58 valence electrons. The first-order valence-corrected chi connectivity index (χ1v) is 8.88. The van der Waals surface area contributed by atoms with Crippen LogP contribution < -0.4 is 24.0 Å². The summed E-state index contributed by atoms with van der Waals surface area (Å²) < 4.78 is 0. The van der Waals surface area contributed by atoms with Crippen molar-refractivity contribution in [3.8, 4) is 0 Å². The minimum Gasteiger partial charge on any atom is -1.00 e. The normalized spacial score (nSPS) is 11.3. The third kappa shape index (κ3) is 12.5. The zero-order valence-corrected chi connectivity index (χ0v) is 11.0. The van der Waals surface area contributed by atoms with Gasteiger partial charge in [0.05, 0.1) is 17.9 Å². The van der Waals surface area contributed by atoms with Gasteiger partial charge in [0, 0.05) is 0 Å². The van der Waals surface area contributed by atoms with E-state index in [1.807, 2.05) is 0 Å². The van der Waals surface area contributed by atoms with Crippen molar-refractivity contribution in [3.05, 3.63) is 0 Å². The maximum atomic E-state index is 2.43. The summed E-state index contributed by atoms with van der Waals surface area (Å²) in [4.78, 5) is 0. The largest absolute Gasteiger partial charge is 1.00 e. The monoisotopic (exact) mass is 276 g/mol. The van der Waals surface area contributed by atoms with Crippen LogP contribution in [0.2, 0.25) is 19.6 Å². The zero-order valence-electron chi connectivity index (χ0n) is 6.99. The van der Waals surface area contributed by atoms with Crippen LogP contribution in [0.4, 0.5) is 0 Å². The second-order valence-electron chi connectivity index (χ2n) is 3.69. The summed E-state index contributed by atoms with van der Waals surface area (Å²) in [5, 5.41) is 1.49. The van der Waals surface area contributed by atoms with E-state index in [1.54, 1.807) is 0 Å². The number of halogens is 1. The average Bonchev–Trinajstić information content (AvgIpc) is 1.21.